The normalized spacial score (nSPS) is 13.6. The number of methoxy groups -OCH3 is 2. The molecular weight excluding hydrogens is 584 g/mol. The fourth-order valence-electron chi connectivity index (χ4n) is 3.93. The van der Waals surface area contributed by atoms with Crippen molar-refractivity contribution in [2.45, 2.75) is 23.9 Å². The number of ether oxygens (including phenoxy) is 5. The molecule has 1 fully saturated rings. The van der Waals surface area contributed by atoms with Crippen molar-refractivity contribution in [1.82, 2.24) is 24.8 Å². The molecule has 0 saturated carbocycles. The van der Waals surface area contributed by atoms with E-state index in [4.69, 9.17) is 28.8 Å². The van der Waals surface area contributed by atoms with Crippen LogP contribution < -0.4 is 25.0 Å². The Labute approximate surface area is 254 Å². The van der Waals surface area contributed by atoms with Gasteiger partial charge in [0.25, 0.3) is 0 Å². The van der Waals surface area contributed by atoms with E-state index in [9.17, 15) is 9.59 Å². The van der Waals surface area contributed by atoms with Gasteiger partial charge in [0.1, 0.15) is 16.5 Å². The number of aliphatic hydroxyl groups excluding tert-OH is 1. The van der Waals surface area contributed by atoms with Gasteiger partial charge < -0.3 is 44.3 Å². The predicted molar refractivity (Wildman–Crippen MR) is 158 cm³/mol. The van der Waals surface area contributed by atoms with Crippen LogP contribution in [0, 0.1) is 0 Å². The number of carbonyl (C=O) groups is 2. The number of rotatable bonds is 18. The number of nitrogens with one attached hydrogen (secondary N) is 2. The second-order valence-corrected chi connectivity index (χ2v) is 10.1. The van der Waals surface area contributed by atoms with Crippen molar-refractivity contribution in [3.63, 3.8) is 0 Å². The molecule has 0 spiro atoms. The van der Waals surface area contributed by atoms with Crippen LogP contribution in [0.2, 0.25) is 0 Å². The Kier molecular flexibility index (Phi) is 14.6. The van der Waals surface area contributed by atoms with Crippen LogP contribution in [0.25, 0.3) is 0 Å². The van der Waals surface area contributed by atoms with Crippen LogP contribution in [-0.2, 0) is 23.8 Å². The number of anilines is 3. The Morgan fingerprint density at radius 1 is 0.814 bits per heavy atom. The van der Waals surface area contributed by atoms with Crippen molar-refractivity contribution in [3.8, 4) is 11.8 Å². The number of carbonyl (C=O) groups excluding carboxylic acids is 2. The first-order chi connectivity index (χ1) is 20.8. The molecule has 3 N–H and O–H groups in total. The number of hydrogen-bond donors (Lipinski definition) is 3. The lowest BCUT2D eigenvalue weighted by Gasteiger charge is -2.34. The van der Waals surface area contributed by atoms with E-state index in [1.807, 2.05) is 0 Å². The maximum absolute atomic E-state index is 11.6. The summed E-state index contributed by atoms with van der Waals surface area (Å²) in [6.45, 7) is 9.41. The van der Waals surface area contributed by atoms with Gasteiger partial charge in [0, 0.05) is 52.6 Å². The van der Waals surface area contributed by atoms with Crippen LogP contribution >= 0.6 is 11.8 Å². The van der Waals surface area contributed by atoms with E-state index in [1.165, 1.54) is 34.1 Å². The Hall–Kier alpha value is -3.35. The highest BCUT2D eigenvalue weighted by atomic mass is 32.2. The number of aliphatic hydroxyl groups is 1. The molecule has 3 heterocycles. The Bertz CT molecular complexity index is 1130. The Morgan fingerprint density at radius 2 is 1.33 bits per heavy atom. The number of aromatic nitrogens is 4. The molecule has 3 rings (SSSR count). The minimum atomic E-state index is -0.318. The molecule has 17 heteroatoms. The summed E-state index contributed by atoms with van der Waals surface area (Å²) in [4.78, 5) is 46.0. The zero-order valence-corrected chi connectivity index (χ0v) is 25.8. The van der Waals surface area contributed by atoms with E-state index in [0.29, 0.717) is 63.6 Å². The molecule has 0 atom stereocenters. The molecule has 0 radical (unpaired) electrons. The lowest BCUT2D eigenvalue weighted by atomic mass is 10.3. The molecular formula is C26H40N8O8S. The van der Waals surface area contributed by atoms with Gasteiger partial charge in [0.2, 0.25) is 29.5 Å². The molecule has 238 valence electrons. The molecule has 16 nitrogen and oxygen atoms in total. The first-order valence-electron chi connectivity index (χ1n) is 13.8. The molecule has 2 aromatic heterocycles. The van der Waals surface area contributed by atoms with E-state index in [2.05, 4.69) is 40.4 Å². The van der Waals surface area contributed by atoms with E-state index in [-0.39, 0.29) is 47.0 Å². The van der Waals surface area contributed by atoms with Crippen molar-refractivity contribution in [1.29, 1.82) is 0 Å². The van der Waals surface area contributed by atoms with Crippen molar-refractivity contribution in [2.75, 3.05) is 109 Å². The summed E-state index contributed by atoms with van der Waals surface area (Å²) >= 11 is 1.08. The van der Waals surface area contributed by atoms with E-state index < -0.39 is 0 Å². The van der Waals surface area contributed by atoms with Crippen molar-refractivity contribution in [3.05, 3.63) is 6.07 Å². The van der Waals surface area contributed by atoms with Gasteiger partial charge in [-0.3, -0.25) is 14.5 Å². The largest absolute Gasteiger partial charge is 0.480 e. The van der Waals surface area contributed by atoms with Gasteiger partial charge in [0.05, 0.1) is 60.5 Å². The first-order valence-corrected chi connectivity index (χ1v) is 14.6. The Morgan fingerprint density at radius 3 is 1.81 bits per heavy atom. The van der Waals surface area contributed by atoms with Gasteiger partial charge in [-0.25, -0.2) is 9.97 Å². The third-order valence-electron chi connectivity index (χ3n) is 5.87. The molecule has 1 aliphatic heterocycles. The summed E-state index contributed by atoms with van der Waals surface area (Å²) in [5.74, 6) is 0.838. The van der Waals surface area contributed by atoms with Gasteiger partial charge in [-0.1, -0.05) is 0 Å². The topological polar surface area (TPSA) is 183 Å². The summed E-state index contributed by atoms with van der Waals surface area (Å²) in [5.41, 5.74) is 0. The van der Waals surface area contributed by atoms with Crippen LogP contribution in [0.4, 0.5) is 17.6 Å². The SMILES string of the molecule is COc1nc(N2CCN(CCOCCOCCOCCO)CC2)nc(OC)c1Sc1nc(NC(C)=O)cc(NC(C)=O)n1. The molecule has 43 heavy (non-hydrogen) atoms. The molecule has 2 aromatic rings. The highest BCUT2D eigenvalue weighted by molar-refractivity contribution is 7.99. The van der Waals surface area contributed by atoms with Crippen LogP contribution in [0.15, 0.2) is 16.1 Å². The monoisotopic (exact) mass is 624 g/mol. The Balaban J connectivity index is 1.57. The summed E-state index contributed by atoms with van der Waals surface area (Å²) in [6.07, 6.45) is 0. The first kappa shape index (κ1) is 34.1. The van der Waals surface area contributed by atoms with Crippen molar-refractivity contribution in [2.24, 2.45) is 0 Å². The number of nitrogens with zero attached hydrogens (tertiary/aromatic N) is 6. The second-order valence-electron chi connectivity index (χ2n) is 9.15. The van der Waals surface area contributed by atoms with Gasteiger partial charge in [-0.15, -0.1) is 0 Å². The average Bonchev–Trinajstić information content (AvgIpc) is 2.97. The molecule has 2 amide bonds. The predicted octanol–water partition coefficient (Wildman–Crippen LogP) is 0.516. The lowest BCUT2D eigenvalue weighted by molar-refractivity contribution is -0.115. The zero-order chi connectivity index (χ0) is 31.0. The standard InChI is InChI=1S/C26H40N8O8S/c1-18(36)27-20-17-21(28-19(2)37)30-26(29-20)43-22-23(38-3)31-25(32-24(22)39-4)34-7-5-33(6-8-34)9-11-40-13-15-42-16-14-41-12-10-35/h17,35H,5-16H2,1-4H3,(H2,27,28,29,30,36,37). The van der Waals surface area contributed by atoms with Gasteiger partial charge >= 0.3 is 0 Å². The third kappa shape index (κ3) is 11.7. The number of hydrogen-bond acceptors (Lipinski definition) is 15. The molecule has 1 saturated heterocycles. The fourth-order valence-corrected chi connectivity index (χ4v) is 4.83. The maximum Gasteiger partial charge on any atom is 0.236 e. The average molecular weight is 625 g/mol. The van der Waals surface area contributed by atoms with Gasteiger partial charge in [-0.05, 0) is 11.8 Å². The zero-order valence-electron chi connectivity index (χ0n) is 25.0. The van der Waals surface area contributed by atoms with Crippen LogP contribution in [0.5, 0.6) is 11.8 Å². The second kappa shape index (κ2) is 18.3. The van der Waals surface area contributed by atoms with E-state index >= 15 is 0 Å². The minimum Gasteiger partial charge on any atom is -0.480 e. The summed E-state index contributed by atoms with van der Waals surface area (Å²) in [7, 11) is 3.00. The highest BCUT2D eigenvalue weighted by Gasteiger charge is 2.25. The van der Waals surface area contributed by atoms with Crippen LogP contribution in [-0.4, -0.2) is 135 Å². The van der Waals surface area contributed by atoms with Crippen molar-refractivity contribution < 1.29 is 38.4 Å². The fraction of sp³-hybridized carbons (Fsp3) is 0.615. The number of amides is 2. The lowest BCUT2D eigenvalue weighted by Crippen LogP contribution is -2.48. The van der Waals surface area contributed by atoms with Crippen LogP contribution in [0.1, 0.15) is 13.8 Å². The summed E-state index contributed by atoms with van der Waals surface area (Å²) in [6, 6.07) is 1.46. The molecule has 0 aromatic carbocycles. The molecule has 0 bridgehead atoms. The van der Waals surface area contributed by atoms with E-state index in [0.717, 1.165) is 31.4 Å². The van der Waals surface area contributed by atoms with Gasteiger partial charge in [0.15, 0.2) is 5.16 Å². The quantitative estimate of drug-likeness (QED) is 0.154. The third-order valence-corrected chi connectivity index (χ3v) is 6.79. The molecule has 1 aliphatic rings. The van der Waals surface area contributed by atoms with E-state index in [1.54, 1.807) is 0 Å². The van der Waals surface area contributed by atoms with Crippen molar-refractivity contribution >= 4 is 41.2 Å². The summed E-state index contributed by atoms with van der Waals surface area (Å²) in [5, 5.41) is 14.1. The minimum absolute atomic E-state index is 0.0101. The van der Waals surface area contributed by atoms with Crippen LogP contribution in [0.3, 0.4) is 0 Å². The summed E-state index contributed by atoms with van der Waals surface area (Å²) < 4.78 is 27.4. The highest BCUT2D eigenvalue weighted by Crippen LogP contribution is 2.40. The maximum atomic E-state index is 11.6. The van der Waals surface area contributed by atoms with Gasteiger partial charge in [-0.2, -0.15) is 9.97 Å². The molecule has 0 unspecified atom stereocenters. The molecule has 0 aliphatic carbocycles. The smallest absolute Gasteiger partial charge is 0.236 e. The number of piperazine rings is 1.